The van der Waals surface area contributed by atoms with Gasteiger partial charge in [0.25, 0.3) is 0 Å². The van der Waals surface area contributed by atoms with E-state index in [1.54, 1.807) is 13.2 Å². The van der Waals surface area contributed by atoms with Crippen LogP contribution in [0.4, 0.5) is 11.4 Å². The molecule has 4 nitrogen and oxygen atoms in total. The number of methoxy groups -OCH3 is 1. The molecule has 0 bridgehead atoms. The lowest BCUT2D eigenvalue weighted by Gasteiger charge is -2.17. The van der Waals surface area contributed by atoms with Crippen molar-refractivity contribution in [3.8, 4) is 5.75 Å². The fourth-order valence-electron chi connectivity index (χ4n) is 2.53. The molecule has 0 aromatic heterocycles. The van der Waals surface area contributed by atoms with Gasteiger partial charge in [0.1, 0.15) is 11.0 Å². The number of nitrogens with two attached hydrogens (primary N) is 1. The molecular weight excluding hydrogens is 344 g/mol. The Labute approximate surface area is 157 Å². The number of hydrogen-bond donors (Lipinski definition) is 2. The van der Waals surface area contributed by atoms with Crippen molar-refractivity contribution < 1.29 is 9.53 Å². The second-order valence-corrected chi connectivity index (χ2v) is 6.88. The molecule has 26 heavy (non-hydrogen) atoms. The quantitative estimate of drug-likeness (QED) is 0.489. The van der Waals surface area contributed by atoms with E-state index in [2.05, 4.69) is 5.32 Å². The highest BCUT2D eigenvalue weighted by Crippen LogP contribution is 2.37. The van der Waals surface area contributed by atoms with Crippen LogP contribution in [0.3, 0.4) is 0 Å². The molecule has 1 unspecified atom stereocenters. The number of hydrogen-bond acceptors (Lipinski definition) is 4. The summed E-state index contributed by atoms with van der Waals surface area (Å²) in [6.07, 6.45) is 0. The predicted octanol–water partition coefficient (Wildman–Crippen LogP) is 4.75. The van der Waals surface area contributed by atoms with Gasteiger partial charge >= 0.3 is 0 Å². The van der Waals surface area contributed by atoms with Gasteiger partial charge in [-0.25, -0.2) is 0 Å². The number of carbonyl (C=O) groups excluding carboxylic acids is 1. The number of ether oxygens (including phenoxy) is 1. The Morgan fingerprint density at radius 3 is 2.50 bits per heavy atom. The minimum Gasteiger partial charge on any atom is -0.497 e. The zero-order chi connectivity index (χ0) is 18.4. The fraction of sp³-hybridized carbons (Fsp3) is 0.0952. The molecule has 0 aliphatic heterocycles. The maximum Gasteiger partial charge on any atom is 0.242 e. The normalized spacial score (nSPS) is 11.6. The number of anilines is 2. The third kappa shape index (κ3) is 4.58. The smallest absolute Gasteiger partial charge is 0.242 e. The molecule has 0 radical (unpaired) electrons. The van der Waals surface area contributed by atoms with E-state index >= 15 is 0 Å². The van der Waals surface area contributed by atoms with Crippen molar-refractivity contribution >= 4 is 29.0 Å². The van der Waals surface area contributed by atoms with Crippen LogP contribution in [0, 0.1) is 0 Å². The van der Waals surface area contributed by atoms with E-state index in [1.807, 2.05) is 72.8 Å². The molecule has 0 saturated heterocycles. The first kappa shape index (κ1) is 17.9. The minimum atomic E-state index is -0.399. The van der Waals surface area contributed by atoms with Crippen LogP contribution in [0.1, 0.15) is 10.8 Å². The standard InChI is InChI=1S/C21H20N2O2S/c1-25-18-11-6-10-17(14-18)23-21(24)20(15-7-3-2-4-8-15)26-19-12-5-9-16(22)13-19/h2-14,20H,22H2,1H3,(H,23,24). The van der Waals surface area contributed by atoms with Crippen molar-refractivity contribution in [3.63, 3.8) is 0 Å². The molecule has 3 aromatic rings. The Morgan fingerprint density at radius 2 is 1.77 bits per heavy atom. The van der Waals surface area contributed by atoms with E-state index in [4.69, 9.17) is 10.5 Å². The molecule has 0 saturated carbocycles. The van der Waals surface area contributed by atoms with Gasteiger partial charge in [0.05, 0.1) is 7.11 Å². The molecule has 3 aromatic carbocycles. The topological polar surface area (TPSA) is 64.3 Å². The summed E-state index contributed by atoms with van der Waals surface area (Å²) in [4.78, 5) is 13.9. The van der Waals surface area contributed by atoms with Crippen molar-refractivity contribution in [1.29, 1.82) is 0 Å². The van der Waals surface area contributed by atoms with Crippen LogP contribution in [-0.2, 0) is 4.79 Å². The Bertz CT molecular complexity index is 884. The Kier molecular flexibility index (Phi) is 5.81. The number of nitrogen functional groups attached to an aromatic ring is 1. The Morgan fingerprint density at radius 1 is 1.00 bits per heavy atom. The van der Waals surface area contributed by atoms with Gasteiger partial charge in [0.2, 0.25) is 5.91 Å². The molecular formula is C21H20N2O2S. The van der Waals surface area contributed by atoms with Crippen molar-refractivity contribution in [1.82, 2.24) is 0 Å². The van der Waals surface area contributed by atoms with Gasteiger partial charge in [-0.2, -0.15) is 0 Å². The molecule has 3 rings (SSSR count). The molecule has 132 valence electrons. The summed E-state index contributed by atoms with van der Waals surface area (Å²) < 4.78 is 5.22. The molecule has 0 spiro atoms. The van der Waals surface area contributed by atoms with Crippen molar-refractivity contribution in [2.24, 2.45) is 0 Å². The zero-order valence-electron chi connectivity index (χ0n) is 14.4. The van der Waals surface area contributed by atoms with Crippen molar-refractivity contribution in [3.05, 3.63) is 84.4 Å². The van der Waals surface area contributed by atoms with Crippen LogP contribution < -0.4 is 15.8 Å². The first-order valence-electron chi connectivity index (χ1n) is 8.18. The zero-order valence-corrected chi connectivity index (χ0v) is 15.2. The second-order valence-electron chi connectivity index (χ2n) is 5.70. The van der Waals surface area contributed by atoms with Gasteiger partial charge in [-0.3, -0.25) is 4.79 Å². The Hall–Kier alpha value is -2.92. The van der Waals surface area contributed by atoms with E-state index in [0.29, 0.717) is 17.1 Å². The first-order chi connectivity index (χ1) is 12.7. The van der Waals surface area contributed by atoms with Gasteiger partial charge in [0.15, 0.2) is 0 Å². The van der Waals surface area contributed by atoms with Gasteiger partial charge in [0, 0.05) is 22.3 Å². The summed E-state index contributed by atoms with van der Waals surface area (Å²) >= 11 is 1.47. The van der Waals surface area contributed by atoms with E-state index in [1.165, 1.54) is 11.8 Å². The van der Waals surface area contributed by atoms with Crippen molar-refractivity contribution in [2.45, 2.75) is 10.1 Å². The number of thioether (sulfide) groups is 1. The largest absolute Gasteiger partial charge is 0.497 e. The highest BCUT2D eigenvalue weighted by atomic mass is 32.2. The molecule has 0 aliphatic rings. The SMILES string of the molecule is COc1cccc(NC(=O)C(Sc2cccc(N)c2)c2ccccc2)c1. The number of carbonyl (C=O) groups is 1. The molecule has 0 fully saturated rings. The van der Waals surface area contributed by atoms with Crippen LogP contribution in [0.15, 0.2) is 83.8 Å². The third-order valence-electron chi connectivity index (χ3n) is 3.79. The monoisotopic (exact) mass is 364 g/mol. The fourth-order valence-corrected chi connectivity index (χ4v) is 3.63. The summed E-state index contributed by atoms with van der Waals surface area (Å²) in [5.41, 5.74) is 8.18. The lowest BCUT2D eigenvalue weighted by atomic mass is 10.1. The number of amides is 1. The third-order valence-corrected chi connectivity index (χ3v) is 5.04. The van der Waals surface area contributed by atoms with Gasteiger partial charge < -0.3 is 15.8 Å². The van der Waals surface area contributed by atoms with Crippen LogP contribution in [-0.4, -0.2) is 13.0 Å². The van der Waals surface area contributed by atoms with E-state index in [-0.39, 0.29) is 5.91 Å². The van der Waals surface area contributed by atoms with Crippen LogP contribution in [0.5, 0.6) is 5.75 Å². The van der Waals surface area contributed by atoms with Crippen LogP contribution in [0.2, 0.25) is 0 Å². The summed E-state index contributed by atoms with van der Waals surface area (Å²) in [7, 11) is 1.60. The average Bonchev–Trinajstić information content (AvgIpc) is 2.67. The number of nitrogens with one attached hydrogen (secondary N) is 1. The minimum absolute atomic E-state index is 0.100. The first-order valence-corrected chi connectivity index (χ1v) is 9.06. The van der Waals surface area contributed by atoms with Gasteiger partial charge in [-0.15, -0.1) is 11.8 Å². The molecule has 0 heterocycles. The average molecular weight is 364 g/mol. The lowest BCUT2D eigenvalue weighted by Crippen LogP contribution is -2.19. The number of benzene rings is 3. The molecule has 1 amide bonds. The van der Waals surface area contributed by atoms with E-state index in [0.717, 1.165) is 10.5 Å². The molecule has 1 atom stereocenters. The van der Waals surface area contributed by atoms with Crippen LogP contribution in [0.25, 0.3) is 0 Å². The molecule has 3 N–H and O–H groups in total. The molecule has 5 heteroatoms. The van der Waals surface area contributed by atoms with E-state index < -0.39 is 5.25 Å². The Balaban J connectivity index is 1.86. The van der Waals surface area contributed by atoms with E-state index in [9.17, 15) is 4.79 Å². The van der Waals surface area contributed by atoms with Gasteiger partial charge in [-0.05, 0) is 35.9 Å². The maximum absolute atomic E-state index is 13.0. The maximum atomic E-state index is 13.0. The second kappa shape index (κ2) is 8.45. The lowest BCUT2D eigenvalue weighted by molar-refractivity contribution is -0.115. The summed E-state index contributed by atoms with van der Waals surface area (Å²) in [5.74, 6) is 0.597. The number of rotatable bonds is 6. The molecule has 0 aliphatic carbocycles. The van der Waals surface area contributed by atoms with Crippen LogP contribution >= 0.6 is 11.8 Å². The highest BCUT2D eigenvalue weighted by molar-refractivity contribution is 8.00. The van der Waals surface area contributed by atoms with Gasteiger partial charge in [-0.1, -0.05) is 42.5 Å². The summed E-state index contributed by atoms with van der Waals surface area (Å²) in [6, 6.07) is 24.6. The summed E-state index contributed by atoms with van der Waals surface area (Å²) in [5, 5.41) is 2.58. The predicted molar refractivity (Wildman–Crippen MR) is 108 cm³/mol. The highest BCUT2D eigenvalue weighted by Gasteiger charge is 2.22. The summed E-state index contributed by atoms with van der Waals surface area (Å²) in [6.45, 7) is 0. The van der Waals surface area contributed by atoms with Crippen molar-refractivity contribution in [2.75, 3.05) is 18.2 Å².